The molecular formula is C19H23NO5. The van der Waals surface area contributed by atoms with Gasteiger partial charge in [-0.1, -0.05) is 60.7 Å². The Bertz CT molecular complexity index is 620. The first-order chi connectivity index (χ1) is 12.2. The van der Waals surface area contributed by atoms with E-state index >= 15 is 0 Å². The summed E-state index contributed by atoms with van der Waals surface area (Å²) in [5.74, 6) is -0.555. The van der Waals surface area contributed by atoms with Crippen LogP contribution in [0.2, 0.25) is 0 Å². The number of aliphatic hydroxyl groups excluding tert-OH is 2. The molecule has 0 aliphatic carbocycles. The van der Waals surface area contributed by atoms with Crippen molar-refractivity contribution in [3.63, 3.8) is 0 Å². The fraction of sp³-hybridized carbons (Fsp3) is 0.316. The summed E-state index contributed by atoms with van der Waals surface area (Å²) in [7, 11) is 0. The van der Waals surface area contributed by atoms with Gasteiger partial charge in [-0.3, -0.25) is 10.1 Å². The molecule has 25 heavy (non-hydrogen) atoms. The van der Waals surface area contributed by atoms with E-state index in [-0.39, 0.29) is 26.2 Å². The lowest BCUT2D eigenvalue weighted by Crippen LogP contribution is -2.45. The average Bonchev–Trinajstić information content (AvgIpc) is 2.66. The largest absolute Gasteiger partial charge is 0.460 e. The van der Waals surface area contributed by atoms with Crippen LogP contribution in [0.15, 0.2) is 60.7 Å². The van der Waals surface area contributed by atoms with E-state index < -0.39 is 18.4 Å². The van der Waals surface area contributed by atoms with E-state index in [1.54, 1.807) is 0 Å². The zero-order valence-corrected chi connectivity index (χ0v) is 13.9. The molecule has 2 aromatic rings. The summed E-state index contributed by atoms with van der Waals surface area (Å²) < 4.78 is 10.5. The second-order valence-corrected chi connectivity index (χ2v) is 5.47. The highest BCUT2D eigenvalue weighted by Gasteiger charge is 2.22. The Morgan fingerprint density at radius 2 is 1.52 bits per heavy atom. The maximum Gasteiger partial charge on any atom is 0.323 e. The third kappa shape index (κ3) is 7.03. The molecule has 0 saturated carbocycles. The standard InChI is InChI=1S/C19H23NO5/c21-12-11-17(18(22)24-13-15-7-3-1-4-8-15)20-19(23)25-14-16-9-5-2-6-10-16/h1-10,17,19-21,23H,11-14H2/t17-,19?/m0/s1. The topological polar surface area (TPSA) is 88.0 Å². The number of carbonyl (C=O) groups excluding carboxylic acids is 1. The molecule has 0 spiro atoms. The molecule has 2 rings (SSSR count). The second kappa shape index (κ2) is 10.6. The van der Waals surface area contributed by atoms with E-state index in [2.05, 4.69) is 5.32 Å². The van der Waals surface area contributed by atoms with Gasteiger partial charge in [0.2, 0.25) is 6.41 Å². The fourth-order valence-electron chi connectivity index (χ4n) is 2.20. The van der Waals surface area contributed by atoms with Crippen LogP contribution in [0.1, 0.15) is 17.5 Å². The first-order valence-electron chi connectivity index (χ1n) is 8.10. The summed E-state index contributed by atoms with van der Waals surface area (Å²) in [6, 6.07) is 17.8. The predicted octanol–water partition coefficient (Wildman–Crippen LogP) is 1.56. The molecule has 2 atom stereocenters. The molecule has 1 unspecified atom stereocenters. The SMILES string of the molecule is O=C(OCc1ccccc1)[C@H](CCO)NC(O)OCc1ccccc1. The van der Waals surface area contributed by atoms with E-state index in [0.29, 0.717) is 0 Å². The van der Waals surface area contributed by atoms with Crippen molar-refractivity contribution in [2.75, 3.05) is 6.61 Å². The molecule has 0 radical (unpaired) electrons. The molecular weight excluding hydrogens is 322 g/mol. The number of esters is 1. The van der Waals surface area contributed by atoms with Crippen molar-refractivity contribution in [1.82, 2.24) is 5.32 Å². The van der Waals surface area contributed by atoms with Gasteiger partial charge < -0.3 is 19.7 Å². The van der Waals surface area contributed by atoms with Gasteiger partial charge in [-0.15, -0.1) is 0 Å². The van der Waals surface area contributed by atoms with Gasteiger partial charge in [0.05, 0.1) is 6.61 Å². The lowest BCUT2D eigenvalue weighted by molar-refractivity contribution is -0.161. The van der Waals surface area contributed by atoms with Gasteiger partial charge >= 0.3 is 5.97 Å². The molecule has 6 nitrogen and oxygen atoms in total. The first-order valence-corrected chi connectivity index (χ1v) is 8.10. The Morgan fingerprint density at radius 1 is 0.960 bits per heavy atom. The molecule has 0 amide bonds. The van der Waals surface area contributed by atoms with Crippen LogP contribution in [0.3, 0.4) is 0 Å². The lowest BCUT2D eigenvalue weighted by atomic mass is 10.2. The molecule has 0 bridgehead atoms. The number of ether oxygens (including phenoxy) is 2. The van der Waals surface area contributed by atoms with Crippen LogP contribution < -0.4 is 5.32 Å². The normalized spacial score (nSPS) is 13.2. The molecule has 0 aromatic heterocycles. The Hall–Kier alpha value is -2.25. The number of aliphatic hydroxyl groups is 2. The van der Waals surface area contributed by atoms with Crippen LogP contribution in [0.25, 0.3) is 0 Å². The first kappa shape index (κ1) is 19.1. The van der Waals surface area contributed by atoms with Crippen molar-refractivity contribution in [3.8, 4) is 0 Å². The number of hydrogen-bond donors (Lipinski definition) is 3. The molecule has 0 aliphatic heterocycles. The number of rotatable bonds is 10. The molecule has 0 aliphatic rings. The monoisotopic (exact) mass is 345 g/mol. The number of carbonyl (C=O) groups is 1. The van der Waals surface area contributed by atoms with Crippen molar-refractivity contribution >= 4 is 5.97 Å². The molecule has 0 saturated heterocycles. The highest BCUT2D eigenvalue weighted by molar-refractivity contribution is 5.75. The third-order valence-corrected chi connectivity index (χ3v) is 3.52. The van der Waals surface area contributed by atoms with Crippen LogP contribution in [-0.4, -0.2) is 35.2 Å². The van der Waals surface area contributed by atoms with Gasteiger partial charge in [0.1, 0.15) is 12.6 Å². The smallest absolute Gasteiger partial charge is 0.323 e. The molecule has 3 N–H and O–H groups in total. The highest BCUT2D eigenvalue weighted by Crippen LogP contribution is 2.06. The molecule has 134 valence electrons. The summed E-state index contributed by atoms with van der Waals surface area (Å²) in [6.07, 6.45) is -1.24. The summed E-state index contributed by atoms with van der Waals surface area (Å²) in [5.41, 5.74) is 1.76. The van der Waals surface area contributed by atoms with Crippen molar-refractivity contribution in [2.24, 2.45) is 0 Å². The van der Waals surface area contributed by atoms with E-state index in [1.807, 2.05) is 60.7 Å². The van der Waals surface area contributed by atoms with Crippen LogP contribution in [0.4, 0.5) is 0 Å². The van der Waals surface area contributed by atoms with Gasteiger partial charge in [-0.2, -0.15) is 0 Å². The van der Waals surface area contributed by atoms with E-state index in [0.717, 1.165) is 11.1 Å². The molecule has 0 fully saturated rings. The quantitative estimate of drug-likeness (QED) is 0.447. The predicted molar refractivity (Wildman–Crippen MR) is 92.1 cm³/mol. The summed E-state index contributed by atoms with van der Waals surface area (Å²) in [5, 5.41) is 21.7. The maximum absolute atomic E-state index is 12.2. The van der Waals surface area contributed by atoms with E-state index in [4.69, 9.17) is 14.6 Å². The average molecular weight is 345 g/mol. The van der Waals surface area contributed by atoms with Crippen molar-refractivity contribution in [1.29, 1.82) is 0 Å². The van der Waals surface area contributed by atoms with Crippen LogP contribution in [0.5, 0.6) is 0 Å². The van der Waals surface area contributed by atoms with Gasteiger partial charge in [-0.05, 0) is 17.5 Å². The highest BCUT2D eigenvalue weighted by atomic mass is 16.6. The van der Waals surface area contributed by atoms with Crippen molar-refractivity contribution in [3.05, 3.63) is 71.8 Å². The van der Waals surface area contributed by atoms with Crippen LogP contribution >= 0.6 is 0 Å². The number of hydrogen-bond acceptors (Lipinski definition) is 6. The third-order valence-electron chi connectivity index (χ3n) is 3.52. The van der Waals surface area contributed by atoms with E-state index in [9.17, 15) is 9.90 Å². The summed E-state index contributed by atoms with van der Waals surface area (Å²) in [4.78, 5) is 12.2. The van der Waals surface area contributed by atoms with Crippen molar-refractivity contribution < 1.29 is 24.5 Å². The van der Waals surface area contributed by atoms with Gasteiger partial charge in [-0.25, -0.2) is 0 Å². The van der Waals surface area contributed by atoms with Crippen LogP contribution in [0, 0.1) is 0 Å². The molecule has 2 aromatic carbocycles. The minimum absolute atomic E-state index is 0.110. The van der Waals surface area contributed by atoms with Crippen LogP contribution in [-0.2, 0) is 27.5 Å². The minimum Gasteiger partial charge on any atom is -0.460 e. The lowest BCUT2D eigenvalue weighted by Gasteiger charge is -2.21. The zero-order chi connectivity index (χ0) is 17.9. The second-order valence-electron chi connectivity index (χ2n) is 5.47. The van der Waals surface area contributed by atoms with Gasteiger partial charge in [0, 0.05) is 6.61 Å². The fourth-order valence-corrected chi connectivity index (χ4v) is 2.20. The zero-order valence-electron chi connectivity index (χ0n) is 13.9. The number of benzene rings is 2. The number of nitrogens with one attached hydrogen (secondary N) is 1. The Kier molecular flexibility index (Phi) is 8.08. The van der Waals surface area contributed by atoms with Gasteiger partial charge in [0.25, 0.3) is 0 Å². The van der Waals surface area contributed by atoms with Crippen molar-refractivity contribution in [2.45, 2.75) is 32.1 Å². The molecule has 0 heterocycles. The van der Waals surface area contributed by atoms with E-state index in [1.165, 1.54) is 0 Å². The minimum atomic E-state index is -1.35. The Morgan fingerprint density at radius 3 is 2.08 bits per heavy atom. The Labute approximate surface area is 147 Å². The Balaban J connectivity index is 1.80. The summed E-state index contributed by atoms with van der Waals surface area (Å²) in [6.45, 7) is 0.105. The molecule has 6 heteroatoms. The van der Waals surface area contributed by atoms with Gasteiger partial charge in [0.15, 0.2) is 0 Å². The summed E-state index contributed by atoms with van der Waals surface area (Å²) >= 11 is 0. The maximum atomic E-state index is 12.2.